The van der Waals surface area contributed by atoms with Crippen LogP contribution in [0.1, 0.15) is 0 Å². The fourth-order valence-corrected chi connectivity index (χ4v) is 3.52. The Morgan fingerprint density at radius 3 is 2.66 bits per heavy atom. The number of piperazine rings is 1. The first kappa shape index (κ1) is 17.5. The number of nitrogens with one attached hydrogen (secondary N) is 2. The number of fused-ring (bicyclic) bond motifs is 1. The van der Waals surface area contributed by atoms with Crippen LogP contribution in [0.25, 0.3) is 22.3 Å². The number of hydrogen-bond acceptors (Lipinski definition) is 7. The highest BCUT2D eigenvalue weighted by atomic mass is 15.2. The van der Waals surface area contributed by atoms with Gasteiger partial charge in [-0.3, -0.25) is 4.98 Å². The Hall–Kier alpha value is -3.58. The van der Waals surface area contributed by atoms with Gasteiger partial charge in [-0.25, -0.2) is 15.0 Å². The molecule has 0 saturated carbocycles. The fraction of sp³-hybridized carbons (Fsp3) is 0.182. The van der Waals surface area contributed by atoms with E-state index in [1.54, 1.807) is 18.6 Å². The summed E-state index contributed by atoms with van der Waals surface area (Å²) in [5, 5.41) is 7.76. The number of para-hydroxylation sites is 1. The molecule has 5 rings (SSSR count). The molecule has 7 nitrogen and oxygen atoms in total. The predicted molar refractivity (Wildman–Crippen MR) is 115 cm³/mol. The average molecular weight is 383 g/mol. The molecule has 1 aliphatic rings. The number of anilines is 3. The molecule has 1 aromatic carbocycles. The molecule has 1 aliphatic heterocycles. The van der Waals surface area contributed by atoms with Crippen LogP contribution in [0.5, 0.6) is 0 Å². The summed E-state index contributed by atoms with van der Waals surface area (Å²) >= 11 is 0. The van der Waals surface area contributed by atoms with Crippen LogP contribution in [-0.4, -0.2) is 46.1 Å². The second-order valence-electron chi connectivity index (χ2n) is 6.92. The summed E-state index contributed by atoms with van der Waals surface area (Å²) < 4.78 is 0. The van der Waals surface area contributed by atoms with Gasteiger partial charge in [-0.2, -0.15) is 0 Å². The molecule has 0 radical (unpaired) electrons. The van der Waals surface area contributed by atoms with Gasteiger partial charge in [0.15, 0.2) is 5.82 Å². The number of rotatable bonds is 4. The van der Waals surface area contributed by atoms with Crippen molar-refractivity contribution in [2.75, 3.05) is 36.4 Å². The van der Waals surface area contributed by atoms with Crippen LogP contribution in [0.3, 0.4) is 0 Å². The van der Waals surface area contributed by atoms with E-state index in [2.05, 4.69) is 25.5 Å². The topological polar surface area (TPSA) is 78.9 Å². The van der Waals surface area contributed by atoms with E-state index in [1.807, 2.05) is 48.5 Å². The lowest BCUT2D eigenvalue weighted by atomic mass is 10.2. The van der Waals surface area contributed by atoms with E-state index in [1.165, 1.54) is 0 Å². The smallest absolute Gasteiger partial charge is 0.162 e. The molecule has 0 aliphatic carbocycles. The molecular weight excluding hydrogens is 362 g/mol. The molecule has 0 amide bonds. The van der Waals surface area contributed by atoms with Crippen molar-refractivity contribution < 1.29 is 0 Å². The highest BCUT2D eigenvalue weighted by Crippen LogP contribution is 2.28. The Kier molecular flexibility index (Phi) is 4.72. The van der Waals surface area contributed by atoms with Crippen LogP contribution >= 0.6 is 0 Å². The molecule has 144 valence electrons. The van der Waals surface area contributed by atoms with Crippen molar-refractivity contribution in [1.29, 1.82) is 0 Å². The summed E-state index contributed by atoms with van der Waals surface area (Å²) in [4.78, 5) is 20.7. The average Bonchev–Trinajstić information content (AvgIpc) is 2.80. The third-order valence-corrected chi connectivity index (χ3v) is 4.96. The maximum absolute atomic E-state index is 4.95. The first-order valence-corrected chi connectivity index (χ1v) is 9.73. The van der Waals surface area contributed by atoms with Crippen molar-refractivity contribution in [1.82, 2.24) is 25.3 Å². The van der Waals surface area contributed by atoms with E-state index in [4.69, 9.17) is 9.97 Å². The molecule has 1 fully saturated rings. The van der Waals surface area contributed by atoms with Crippen molar-refractivity contribution in [3.63, 3.8) is 0 Å². The van der Waals surface area contributed by atoms with Crippen molar-refractivity contribution in [3.05, 3.63) is 67.1 Å². The summed E-state index contributed by atoms with van der Waals surface area (Å²) in [6.45, 7) is 3.74. The van der Waals surface area contributed by atoms with Gasteiger partial charge in [0.25, 0.3) is 0 Å². The lowest BCUT2D eigenvalue weighted by molar-refractivity contribution is 0.586. The first-order chi connectivity index (χ1) is 14.4. The molecule has 0 atom stereocenters. The van der Waals surface area contributed by atoms with Gasteiger partial charge in [0, 0.05) is 55.2 Å². The van der Waals surface area contributed by atoms with Crippen LogP contribution in [0.2, 0.25) is 0 Å². The first-order valence-electron chi connectivity index (χ1n) is 9.73. The van der Waals surface area contributed by atoms with E-state index in [0.717, 1.165) is 60.0 Å². The third-order valence-electron chi connectivity index (χ3n) is 4.96. The molecule has 0 bridgehead atoms. The van der Waals surface area contributed by atoms with Gasteiger partial charge in [0.2, 0.25) is 0 Å². The Balaban J connectivity index is 1.55. The van der Waals surface area contributed by atoms with Crippen LogP contribution in [0.4, 0.5) is 17.3 Å². The van der Waals surface area contributed by atoms with Crippen molar-refractivity contribution in [3.8, 4) is 11.4 Å². The molecule has 29 heavy (non-hydrogen) atoms. The number of pyridine rings is 2. The zero-order chi connectivity index (χ0) is 19.5. The molecule has 3 aromatic heterocycles. The van der Waals surface area contributed by atoms with Crippen LogP contribution in [0, 0.1) is 0 Å². The van der Waals surface area contributed by atoms with Gasteiger partial charge >= 0.3 is 0 Å². The summed E-state index contributed by atoms with van der Waals surface area (Å²) in [5.74, 6) is 2.40. The SMILES string of the molecule is c1ccc(Nc2cc(-c3nc(N4CCNCC4)c4ccncc4n3)ccn2)cc1. The number of benzene rings is 1. The van der Waals surface area contributed by atoms with Gasteiger partial charge in [0.05, 0.1) is 11.7 Å². The number of aromatic nitrogens is 4. The van der Waals surface area contributed by atoms with Crippen LogP contribution in [0.15, 0.2) is 67.1 Å². The molecule has 4 heterocycles. The lowest BCUT2D eigenvalue weighted by Crippen LogP contribution is -2.44. The lowest BCUT2D eigenvalue weighted by Gasteiger charge is -2.29. The van der Waals surface area contributed by atoms with Crippen molar-refractivity contribution in [2.45, 2.75) is 0 Å². The van der Waals surface area contributed by atoms with Crippen LogP contribution in [-0.2, 0) is 0 Å². The Bertz CT molecular complexity index is 1120. The van der Waals surface area contributed by atoms with Gasteiger partial charge in [-0.15, -0.1) is 0 Å². The van der Waals surface area contributed by atoms with Gasteiger partial charge < -0.3 is 15.5 Å². The van der Waals surface area contributed by atoms with Gasteiger partial charge in [0.1, 0.15) is 11.6 Å². The monoisotopic (exact) mass is 383 g/mol. The van der Waals surface area contributed by atoms with E-state index >= 15 is 0 Å². The van der Waals surface area contributed by atoms with Gasteiger partial charge in [-0.1, -0.05) is 18.2 Å². The largest absolute Gasteiger partial charge is 0.353 e. The minimum absolute atomic E-state index is 0.678. The summed E-state index contributed by atoms with van der Waals surface area (Å²) in [6, 6.07) is 15.9. The maximum atomic E-state index is 4.95. The van der Waals surface area contributed by atoms with E-state index in [0.29, 0.717) is 5.82 Å². The second kappa shape index (κ2) is 7.81. The quantitative estimate of drug-likeness (QED) is 0.560. The van der Waals surface area contributed by atoms with Gasteiger partial charge in [-0.05, 0) is 30.3 Å². The predicted octanol–water partition coefficient (Wildman–Crippen LogP) is 3.24. The molecule has 0 unspecified atom stereocenters. The highest BCUT2D eigenvalue weighted by molar-refractivity contribution is 5.90. The normalized spacial score (nSPS) is 14.1. The van der Waals surface area contributed by atoms with E-state index in [-0.39, 0.29) is 0 Å². The number of nitrogens with zero attached hydrogens (tertiary/aromatic N) is 5. The molecule has 0 spiro atoms. The Labute approximate surface area is 168 Å². The Morgan fingerprint density at radius 1 is 0.931 bits per heavy atom. The van der Waals surface area contributed by atoms with Crippen molar-refractivity contribution >= 4 is 28.2 Å². The molecule has 2 N–H and O–H groups in total. The zero-order valence-corrected chi connectivity index (χ0v) is 15.9. The van der Waals surface area contributed by atoms with Crippen molar-refractivity contribution in [2.24, 2.45) is 0 Å². The minimum Gasteiger partial charge on any atom is -0.353 e. The summed E-state index contributed by atoms with van der Waals surface area (Å²) in [5.41, 5.74) is 2.75. The standard InChI is InChI=1S/C22H21N7/c1-2-4-17(5-3-1)26-20-14-16(6-9-25-20)21-27-19-15-24-8-7-18(19)22(28-21)29-12-10-23-11-13-29/h1-9,14-15,23H,10-13H2,(H,25,26). The summed E-state index contributed by atoms with van der Waals surface area (Å²) in [6.07, 6.45) is 5.38. The molecular formula is C22H21N7. The molecule has 4 aromatic rings. The summed E-state index contributed by atoms with van der Waals surface area (Å²) in [7, 11) is 0. The maximum Gasteiger partial charge on any atom is 0.162 e. The minimum atomic E-state index is 0.678. The number of hydrogen-bond donors (Lipinski definition) is 2. The second-order valence-corrected chi connectivity index (χ2v) is 6.92. The van der Waals surface area contributed by atoms with E-state index < -0.39 is 0 Å². The molecule has 7 heteroatoms. The third kappa shape index (κ3) is 3.72. The molecule has 1 saturated heterocycles. The Morgan fingerprint density at radius 2 is 1.79 bits per heavy atom. The van der Waals surface area contributed by atoms with E-state index in [9.17, 15) is 0 Å². The van der Waals surface area contributed by atoms with Crippen LogP contribution < -0.4 is 15.5 Å². The highest BCUT2D eigenvalue weighted by Gasteiger charge is 2.17. The fourth-order valence-electron chi connectivity index (χ4n) is 3.52. The zero-order valence-electron chi connectivity index (χ0n) is 15.9.